The van der Waals surface area contributed by atoms with Gasteiger partial charge >= 0.3 is 5.97 Å². The maximum atomic E-state index is 12.7. The standard InChI is InChI=1S/C15H24N2O3/c18-13(19)7-10-3-2-6-17(9-10)15(20)14-12-5-1-4-11(12)8-16-14/h10-12,14,16H,1-9H2,(H,18,19). The fourth-order valence-electron chi connectivity index (χ4n) is 4.33. The molecule has 4 atom stereocenters. The highest BCUT2D eigenvalue weighted by Crippen LogP contribution is 2.38. The quantitative estimate of drug-likeness (QED) is 0.812. The summed E-state index contributed by atoms with van der Waals surface area (Å²) in [6.45, 7) is 2.40. The van der Waals surface area contributed by atoms with Gasteiger partial charge in [0.2, 0.25) is 5.91 Å². The number of aliphatic carboxylic acids is 1. The van der Waals surface area contributed by atoms with Crippen LogP contribution in [0.1, 0.15) is 38.5 Å². The van der Waals surface area contributed by atoms with Crippen LogP contribution in [0.2, 0.25) is 0 Å². The summed E-state index contributed by atoms with van der Waals surface area (Å²) < 4.78 is 0. The summed E-state index contributed by atoms with van der Waals surface area (Å²) in [5, 5.41) is 12.3. The lowest BCUT2D eigenvalue weighted by molar-refractivity contribution is -0.141. The molecule has 3 aliphatic rings. The first-order valence-corrected chi connectivity index (χ1v) is 7.89. The second-order valence-electron chi connectivity index (χ2n) is 6.63. The molecule has 112 valence electrons. The van der Waals surface area contributed by atoms with E-state index < -0.39 is 5.97 Å². The molecule has 3 rings (SSSR count). The number of likely N-dealkylation sites (tertiary alicyclic amines) is 1. The van der Waals surface area contributed by atoms with Gasteiger partial charge in [0.1, 0.15) is 0 Å². The smallest absolute Gasteiger partial charge is 0.303 e. The minimum Gasteiger partial charge on any atom is -0.481 e. The number of piperidine rings is 1. The molecule has 0 radical (unpaired) electrons. The second kappa shape index (κ2) is 5.72. The van der Waals surface area contributed by atoms with Crippen LogP contribution in [0.3, 0.4) is 0 Å². The van der Waals surface area contributed by atoms with Crippen LogP contribution in [0.5, 0.6) is 0 Å². The molecule has 3 fully saturated rings. The van der Waals surface area contributed by atoms with Crippen molar-refractivity contribution in [1.82, 2.24) is 10.2 Å². The fourth-order valence-corrected chi connectivity index (χ4v) is 4.33. The molecule has 5 heteroatoms. The van der Waals surface area contributed by atoms with Gasteiger partial charge in [-0.2, -0.15) is 0 Å². The Morgan fingerprint density at radius 2 is 2.05 bits per heavy atom. The second-order valence-corrected chi connectivity index (χ2v) is 6.63. The fraction of sp³-hybridized carbons (Fsp3) is 0.867. The van der Waals surface area contributed by atoms with Gasteiger partial charge in [-0.1, -0.05) is 6.42 Å². The summed E-state index contributed by atoms with van der Waals surface area (Å²) in [5.41, 5.74) is 0. The lowest BCUT2D eigenvalue weighted by Gasteiger charge is -2.34. The van der Waals surface area contributed by atoms with Gasteiger partial charge in [0, 0.05) is 19.5 Å². The Kier molecular flexibility index (Phi) is 3.96. The zero-order valence-corrected chi connectivity index (χ0v) is 11.9. The molecule has 5 nitrogen and oxygen atoms in total. The molecule has 2 aliphatic heterocycles. The predicted octanol–water partition coefficient (Wildman–Crippen LogP) is 1.09. The predicted molar refractivity (Wildman–Crippen MR) is 74.2 cm³/mol. The van der Waals surface area contributed by atoms with Gasteiger partial charge in [0.25, 0.3) is 0 Å². The molecular weight excluding hydrogens is 256 g/mol. The molecule has 0 aromatic heterocycles. The van der Waals surface area contributed by atoms with E-state index in [0.717, 1.165) is 25.9 Å². The molecule has 0 bridgehead atoms. The van der Waals surface area contributed by atoms with Crippen molar-refractivity contribution >= 4 is 11.9 Å². The summed E-state index contributed by atoms with van der Waals surface area (Å²) in [6, 6.07) is -0.00826. The van der Waals surface area contributed by atoms with Crippen LogP contribution in [0.25, 0.3) is 0 Å². The zero-order valence-electron chi connectivity index (χ0n) is 11.9. The minimum absolute atomic E-state index is 0.00826. The van der Waals surface area contributed by atoms with Crippen molar-refractivity contribution in [1.29, 1.82) is 0 Å². The number of fused-ring (bicyclic) bond motifs is 1. The average molecular weight is 280 g/mol. The van der Waals surface area contributed by atoms with Gasteiger partial charge in [-0.05, 0) is 50.0 Å². The number of hydrogen-bond acceptors (Lipinski definition) is 3. The van der Waals surface area contributed by atoms with Crippen molar-refractivity contribution < 1.29 is 14.7 Å². The molecular formula is C15H24N2O3. The summed E-state index contributed by atoms with van der Waals surface area (Å²) in [5.74, 6) is 0.797. The molecule has 4 unspecified atom stereocenters. The molecule has 0 spiro atoms. The van der Waals surface area contributed by atoms with Crippen molar-refractivity contribution in [3.63, 3.8) is 0 Å². The van der Waals surface area contributed by atoms with Gasteiger partial charge in [-0.25, -0.2) is 0 Å². The third-order valence-electron chi connectivity index (χ3n) is 5.31. The molecule has 20 heavy (non-hydrogen) atoms. The van der Waals surface area contributed by atoms with Gasteiger partial charge < -0.3 is 15.3 Å². The maximum absolute atomic E-state index is 12.7. The van der Waals surface area contributed by atoms with E-state index in [0.29, 0.717) is 18.4 Å². The molecule has 1 aliphatic carbocycles. The van der Waals surface area contributed by atoms with Crippen LogP contribution in [-0.2, 0) is 9.59 Å². The third kappa shape index (κ3) is 2.68. The average Bonchev–Trinajstić information content (AvgIpc) is 2.99. The first-order valence-electron chi connectivity index (χ1n) is 7.89. The van der Waals surface area contributed by atoms with Crippen LogP contribution in [-0.4, -0.2) is 47.6 Å². The highest BCUT2D eigenvalue weighted by Gasteiger charge is 2.44. The Balaban J connectivity index is 1.60. The molecule has 1 amide bonds. The topological polar surface area (TPSA) is 69.6 Å². The van der Waals surface area contributed by atoms with Crippen LogP contribution >= 0.6 is 0 Å². The lowest BCUT2D eigenvalue weighted by Crippen LogP contribution is -2.50. The number of carbonyl (C=O) groups is 2. The maximum Gasteiger partial charge on any atom is 0.303 e. The van der Waals surface area contributed by atoms with Crippen molar-refractivity contribution in [2.75, 3.05) is 19.6 Å². The first kappa shape index (κ1) is 13.9. The van der Waals surface area contributed by atoms with Gasteiger partial charge in [0.15, 0.2) is 0 Å². The van der Waals surface area contributed by atoms with E-state index in [1.807, 2.05) is 4.90 Å². The summed E-state index contributed by atoms with van der Waals surface area (Å²) in [4.78, 5) is 25.4. The number of nitrogens with one attached hydrogen (secondary N) is 1. The number of carboxylic acids is 1. The lowest BCUT2D eigenvalue weighted by atomic mass is 9.91. The van der Waals surface area contributed by atoms with Crippen molar-refractivity contribution in [3.8, 4) is 0 Å². The van der Waals surface area contributed by atoms with E-state index in [-0.39, 0.29) is 24.3 Å². The van der Waals surface area contributed by atoms with Gasteiger partial charge in [-0.3, -0.25) is 9.59 Å². The van der Waals surface area contributed by atoms with E-state index >= 15 is 0 Å². The number of amides is 1. The zero-order chi connectivity index (χ0) is 14.1. The number of carbonyl (C=O) groups excluding carboxylic acids is 1. The van der Waals surface area contributed by atoms with Crippen molar-refractivity contribution in [3.05, 3.63) is 0 Å². The normalized spacial score (nSPS) is 36.9. The van der Waals surface area contributed by atoms with Gasteiger partial charge in [-0.15, -0.1) is 0 Å². The Morgan fingerprint density at radius 1 is 1.20 bits per heavy atom. The highest BCUT2D eigenvalue weighted by molar-refractivity contribution is 5.83. The number of carboxylic acid groups (broad SMARTS) is 1. The third-order valence-corrected chi connectivity index (χ3v) is 5.31. The summed E-state index contributed by atoms with van der Waals surface area (Å²) >= 11 is 0. The van der Waals surface area contributed by atoms with Crippen LogP contribution in [0, 0.1) is 17.8 Å². The number of hydrogen-bond donors (Lipinski definition) is 2. The SMILES string of the molecule is O=C(O)CC1CCCN(C(=O)C2NCC3CCCC32)C1. The van der Waals surface area contributed by atoms with E-state index in [4.69, 9.17) is 5.11 Å². The van der Waals surface area contributed by atoms with Crippen molar-refractivity contribution in [2.24, 2.45) is 17.8 Å². The van der Waals surface area contributed by atoms with E-state index in [2.05, 4.69) is 5.32 Å². The van der Waals surface area contributed by atoms with Crippen LogP contribution in [0.15, 0.2) is 0 Å². The Labute approximate surface area is 119 Å². The van der Waals surface area contributed by atoms with Crippen LogP contribution in [0.4, 0.5) is 0 Å². The van der Waals surface area contributed by atoms with E-state index in [1.165, 1.54) is 19.3 Å². The molecule has 1 saturated carbocycles. The Hall–Kier alpha value is -1.10. The Bertz CT molecular complexity index is 399. The molecule has 2 N–H and O–H groups in total. The highest BCUT2D eigenvalue weighted by atomic mass is 16.4. The molecule has 2 heterocycles. The van der Waals surface area contributed by atoms with E-state index in [1.54, 1.807) is 0 Å². The van der Waals surface area contributed by atoms with Gasteiger partial charge in [0.05, 0.1) is 6.04 Å². The monoisotopic (exact) mass is 280 g/mol. The van der Waals surface area contributed by atoms with Crippen LogP contribution < -0.4 is 5.32 Å². The van der Waals surface area contributed by atoms with Crippen molar-refractivity contribution in [2.45, 2.75) is 44.6 Å². The summed E-state index contributed by atoms with van der Waals surface area (Å²) in [6.07, 6.45) is 5.73. The molecule has 0 aromatic rings. The van der Waals surface area contributed by atoms with E-state index in [9.17, 15) is 9.59 Å². The first-order chi connectivity index (χ1) is 9.65. The Morgan fingerprint density at radius 3 is 2.85 bits per heavy atom. The molecule has 0 aromatic carbocycles. The minimum atomic E-state index is -0.751. The number of nitrogens with zero attached hydrogens (tertiary/aromatic N) is 1. The largest absolute Gasteiger partial charge is 0.481 e. The summed E-state index contributed by atoms with van der Waals surface area (Å²) in [7, 11) is 0. The molecule has 2 saturated heterocycles. The number of rotatable bonds is 3.